The van der Waals surface area contributed by atoms with E-state index < -0.39 is 0 Å². The molecule has 1 aliphatic heterocycles. The van der Waals surface area contributed by atoms with Crippen LogP contribution in [0.25, 0.3) is 11.3 Å². The van der Waals surface area contributed by atoms with Crippen LogP contribution in [0.3, 0.4) is 0 Å². The first-order valence-corrected chi connectivity index (χ1v) is 8.44. The van der Waals surface area contributed by atoms with E-state index in [-0.39, 0.29) is 24.0 Å². The van der Waals surface area contributed by atoms with Crippen LogP contribution in [0.15, 0.2) is 41.7 Å². The third-order valence-corrected chi connectivity index (χ3v) is 5.41. The van der Waals surface area contributed by atoms with Gasteiger partial charge in [-0.15, -0.1) is 0 Å². The van der Waals surface area contributed by atoms with E-state index in [0.29, 0.717) is 6.04 Å². The summed E-state index contributed by atoms with van der Waals surface area (Å²) in [6.07, 6.45) is 3.66. The lowest BCUT2D eigenvalue weighted by atomic mass is 10.1. The maximum Gasteiger partial charge on any atom is 0.259 e. The molecule has 3 nitrogen and oxygen atoms in total. The summed E-state index contributed by atoms with van der Waals surface area (Å²) in [5.74, 6) is 1.04. The highest BCUT2D eigenvalue weighted by molar-refractivity contribution is 14.1. The maximum atomic E-state index is 9.23. The van der Waals surface area contributed by atoms with E-state index in [4.69, 9.17) is 0 Å². The minimum absolute atomic E-state index is 0. The molecule has 1 unspecified atom stereocenters. The molecule has 0 N–H and O–H groups in total. The molecule has 0 saturated heterocycles. The van der Waals surface area contributed by atoms with Crippen molar-refractivity contribution < 1.29 is 28.5 Å². The first kappa shape index (κ1) is 16.0. The van der Waals surface area contributed by atoms with Crippen molar-refractivity contribution in [2.75, 3.05) is 10.2 Å². The zero-order chi connectivity index (χ0) is 13.2. The van der Waals surface area contributed by atoms with Gasteiger partial charge in [0, 0.05) is 18.5 Å². The van der Waals surface area contributed by atoms with E-state index in [9.17, 15) is 5.26 Å². The zero-order valence-corrected chi connectivity index (χ0v) is 15.6. The summed E-state index contributed by atoms with van der Waals surface area (Å²) in [4.78, 5) is 4.19. The smallest absolute Gasteiger partial charge is 0.259 e. The lowest BCUT2D eigenvalue weighted by Gasteiger charge is -2.07. The fourth-order valence-electron chi connectivity index (χ4n) is 2.26. The number of nitriles is 1. The van der Waals surface area contributed by atoms with Crippen molar-refractivity contribution in [2.45, 2.75) is 11.1 Å². The van der Waals surface area contributed by atoms with Gasteiger partial charge < -0.3 is 24.0 Å². The number of pyridine rings is 2. The molecule has 0 aromatic carbocycles. The van der Waals surface area contributed by atoms with E-state index in [2.05, 4.69) is 44.3 Å². The summed E-state index contributed by atoms with van der Waals surface area (Å²) < 4.78 is 3.34. The second kappa shape index (κ2) is 7.04. The van der Waals surface area contributed by atoms with Crippen molar-refractivity contribution in [3.05, 3.63) is 42.2 Å². The molecule has 0 amide bonds. The van der Waals surface area contributed by atoms with Crippen LogP contribution in [-0.4, -0.2) is 15.2 Å². The van der Waals surface area contributed by atoms with Crippen molar-refractivity contribution in [1.82, 2.24) is 4.98 Å². The van der Waals surface area contributed by atoms with Crippen LogP contribution in [0.2, 0.25) is 0 Å². The Labute approximate surface area is 153 Å². The van der Waals surface area contributed by atoms with E-state index in [1.807, 2.05) is 24.4 Å². The summed E-state index contributed by atoms with van der Waals surface area (Å²) in [6, 6.07) is 10.7. The minimum atomic E-state index is 0. The van der Waals surface area contributed by atoms with Crippen LogP contribution < -0.4 is 28.5 Å². The molecule has 2 aromatic heterocycles. The number of halogens is 2. The summed E-state index contributed by atoms with van der Waals surface area (Å²) in [6.45, 7) is 0. The van der Waals surface area contributed by atoms with E-state index >= 15 is 0 Å². The molecule has 0 spiro atoms. The summed E-state index contributed by atoms with van der Waals surface area (Å²) in [5.41, 5.74) is 3.02. The maximum absolute atomic E-state index is 9.23. The standard InChI is InChI=1S/C14H11IN3S.HI/c15-6-12-9-19-14-10(7-16)3-4-13(18(12)14)11-2-1-5-17-8-11;/h1-5,8,12H,6,9H2;1H/q+1;/p-1. The van der Waals surface area contributed by atoms with Crippen LogP contribution in [0.1, 0.15) is 11.6 Å². The molecule has 0 bridgehead atoms. The Morgan fingerprint density at radius 3 is 2.95 bits per heavy atom. The van der Waals surface area contributed by atoms with Crippen LogP contribution in [-0.2, 0) is 0 Å². The van der Waals surface area contributed by atoms with Gasteiger partial charge in [0.25, 0.3) is 5.03 Å². The van der Waals surface area contributed by atoms with Crippen LogP contribution in [0, 0.1) is 11.3 Å². The molecular formula is C14H11I2N3S. The summed E-state index contributed by atoms with van der Waals surface area (Å²) >= 11 is 4.19. The van der Waals surface area contributed by atoms with Crippen LogP contribution >= 0.6 is 34.4 Å². The topological polar surface area (TPSA) is 40.6 Å². The SMILES string of the molecule is N#Cc1ccc(-c2cccnc2)[n+]2c1SCC2CI.[I-]. The largest absolute Gasteiger partial charge is 1.00 e. The molecule has 3 rings (SSSR count). The number of alkyl halides is 1. The van der Waals surface area contributed by atoms with Gasteiger partial charge >= 0.3 is 0 Å². The highest BCUT2D eigenvalue weighted by Crippen LogP contribution is 2.33. The first-order valence-electron chi connectivity index (χ1n) is 5.93. The fraction of sp³-hybridized carbons (Fsp3) is 0.214. The summed E-state index contributed by atoms with van der Waals surface area (Å²) in [7, 11) is 0. The van der Waals surface area contributed by atoms with E-state index in [1.54, 1.807) is 18.0 Å². The fourth-order valence-corrected chi connectivity index (χ4v) is 4.66. The third-order valence-electron chi connectivity index (χ3n) is 3.15. The van der Waals surface area contributed by atoms with E-state index in [0.717, 1.165) is 32.0 Å². The third kappa shape index (κ3) is 2.80. The van der Waals surface area contributed by atoms with Gasteiger partial charge in [-0.05, 0) is 30.0 Å². The Morgan fingerprint density at radius 2 is 2.30 bits per heavy atom. The minimum Gasteiger partial charge on any atom is -1.00 e. The zero-order valence-electron chi connectivity index (χ0n) is 10.5. The number of nitrogens with zero attached hydrogens (tertiary/aromatic N) is 3. The number of thioether (sulfide) groups is 1. The van der Waals surface area contributed by atoms with Gasteiger partial charge in [0.2, 0.25) is 5.69 Å². The van der Waals surface area contributed by atoms with Gasteiger partial charge in [-0.25, -0.2) is 0 Å². The Hall–Kier alpha value is -0.400. The molecule has 2 aromatic rings. The van der Waals surface area contributed by atoms with Gasteiger partial charge in [-0.2, -0.15) is 9.83 Å². The van der Waals surface area contributed by atoms with Crippen LogP contribution in [0.5, 0.6) is 0 Å². The highest BCUT2D eigenvalue weighted by atomic mass is 127. The molecule has 1 aliphatic rings. The Kier molecular flexibility index (Phi) is 5.63. The predicted molar refractivity (Wildman–Crippen MR) is 83.2 cm³/mol. The molecule has 20 heavy (non-hydrogen) atoms. The number of rotatable bonds is 2. The Morgan fingerprint density at radius 1 is 1.45 bits per heavy atom. The second-order valence-electron chi connectivity index (χ2n) is 4.28. The predicted octanol–water partition coefficient (Wildman–Crippen LogP) is -0.00642. The lowest BCUT2D eigenvalue weighted by Crippen LogP contribution is -3.00. The molecule has 102 valence electrons. The van der Waals surface area contributed by atoms with Crippen molar-refractivity contribution in [1.29, 1.82) is 5.26 Å². The number of fused-ring (bicyclic) bond motifs is 1. The van der Waals surface area contributed by atoms with Gasteiger partial charge in [0.05, 0.1) is 15.7 Å². The lowest BCUT2D eigenvalue weighted by molar-refractivity contribution is -0.732. The molecule has 3 heterocycles. The second-order valence-corrected chi connectivity index (χ2v) is 6.17. The van der Waals surface area contributed by atoms with Gasteiger partial charge in [-0.1, -0.05) is 22.6 Å². The number of hydrogen-bond donors (Lipinski definition) is 0. The van der Waals surface area contributed by atoms with Gasteiger partial charge in [0.15, 0.2) is 6.04 Å². The molecular weight excluding hydrogens is 496 g/mol. The highest BCUT2D eigenvalue weighted by Gasteiger charge is 2.36. The molecule has 0 saturated carbocycles. The van der Waals surface area contributed by atoms with Crippen molar-refractivity contribution in [2.24, 2.45) is 0 Å². The molecule has 0 fully saturated rings. The average molecular weight is 507 g/mol. The van der Waals surface area contributed by atoms with Gasteiger partial charge in [-0.3, -0.25) is 4.98 Å². The van der Waals surface area contributed by atoms with E-state index in [1.165, 1.54) is 0 Å². The summed E-state index contributed by atoms with van der Waals surface area (Å²) in [5, 5.41) is 10.3. The molecule has 6 heteroatoms. The molecule has 0 radical (unpaired) electrons. The van der Waals surface area contributed by atoms with Crippen LogP contribution in [0.4, 0.5) is 0 Å². The normalized spacial score (nSPS) is 16.1. The average Bonchev–Trinajstić information content (AvgIpc) is 2.91. The number of aromatic nitrogens is 2. The van der Waals surface area contributed by atoms with Gasteiger partial charge in [0.1, 0.15) is 11.6 Å². The van der Waals surface area contributed by atoms with Crippen molar-refractivity contribution in [3.63, 3.8) is 0 Å². The Balaban J connectivity index is 0.00000147. The molecule has 0 aliphatic carbocycles. The molecule has 1 atom stereocenters. The monoisotopic (exact) mass is 507 g/mol. The Bertz CT molecular complexity index is 655. The van der Waals surface area contributed by atoms with Crippen molar-refractivity contribution in [3.8, 4) is 17.3 Å². The number of hydrogen-bond acceptors (Lipinski definition) is 3. The first-order chi connectivity index (χ1) is 9.35. The van der Waals surface area contributed by atoms with Crippen molar-refractivity contribution >= 4 is 34.4 Å². The quantitative estimate of drug-likeness (QED) is 0.327.